The van der Waals surface area contributed by atoms with Crippen LogP contribution in [0.25, 0.3) is 0 Å². The maximum absolute atomic E-state index is 9.86. The summed E-state index contributed by atoms with van der Waals surface area (Å²) >= 11 is 0. The Balaban J connectivity index is 2.13. The Kier molecular flexibility index (Phi) is 2.95. The first-order valence-corrected chi connectivity index (χ1v) is 5.81. The largest absolute Gasteiger partial charge is 0.503 e. The summed E-state index contributed by atoms with van der Waals surface area (Å²) in [6, 6.07) is 1.86. The molecule has 3 heteroatoms. The van der Waals surface area contributed by atoms with Crippen molar-refractivity contribution >= 4 is 5.69 Å². The van der Waals surface area contributed by atoms with E-state index in [0.717, 1.165) is 11.1 Å². The third-order valence-corrected chi connectivity index (χ3v) is 3.53. The fraction of sp³-hybridized carbons (Fsp3) is 0.538. The van der Waals surface area contributed by atoms with Crippen LogP contribution in [0.2, 0.25) is 0 Å². The number of rotatable bonds is 3. The number of aromatic hydroxyl groups is 1. The molecular formula is C13H19NO2. The van der Waals surface area contributed by atoms with E-state index in [0.29, 0.717) is 24.0 Å². The molecule has 0 aliphatic heterocycles. The maximum Gasteiger partial charge on any atom is 0.181 e. The molecule has 1 aromatic rings. The number of phenolic OH excluding ortho intramolecular Hbond substituents is 1. The number of benzene rings is 1. The highest BCUT2D eigenvalue weighted by Crippen LogP contribution is 2.37. The van der Waals surface area contributed by atoms with Crippen LogP contribution in [-0.4, -0.2) is 11.7 Å². The second-order valence-electron chi connectivity index (χ2n) is 4.69. The average Bonchev–Trinajstić information content (AvgIpc) is 2.20. The van der Waals surface area contributed by atoms with Gasteiger partial charge in [-0.1, -0.05) is 6.42 Å². The van der Waals surface area contributed by atoms with Gasteiger partial charge in [-0.15, -0.1) is 0 Å². The minimum Gasteiger partial charge on any atom is -0.503 e. The van der Waals surface area contributed by atoms with E-state index in [4.69, 9.17) is 10.5 Å². The molecule has 0 amide bonds. The van der Waals surface area contributed by atoms with Gasteiger partial charge < -0.3 is 15.6 Å². The molecule has 3 nitrogen and oxygen atoms in total. The summed E-state index contributed by atoms with van der Waals surface area (Å²) in [5.74, 6) is 1.26. The van der Waals surface area contributed by atoms with E-state index in [1.165, 1.54) is 19.3 Å². The molecule has 1 aliphatic carbocycles. The second kappa shape index (κ2) is 4.24. The van der Waals surface area contributed by atoms with Gasteiger partial charge in [-0.25, -0.2) is 0 Å². The Morgan fingerprint density at radius 3 is 2.69 bits per heavy atom. The second-order valence-corrected chi connectivity index (χ2v) is 4.69. The van der Waals surface area contributed by atoms with Crippen molar-refractivity contribution in [1.82, 2.24) is 0 Å². The van der Waals surface area contributed by atoms with Crippen LogP contribution in [-0.2, 0) is 0 Å². The van der Waals surface area contributed by atoms with Crippen LogP contribution in [0.15, 0.2) is 6.07 Å². The van der Waals surface area contributed by atoms with Gasteiger partial charge in [0.2, 0.25) is 0 Å². The number of aryl methyl sites for hydroxylation is 1. The molecule has 0 spiro atoms. The van der Waals surface area contributed by atoms with E-state index in [1.54, 1.807) is 0 Å². The van der Waals surface area contributed by atoms with E-state index < -0.39 is 0 Å². The summed E-state index contributed by atoms with van der Waals surface area (Å²) in [5.41, 5.74) is 8.22. The summed E-state index contributed by atoms with van der Waals surface area (Å²) < 4.78 is 5.63. The first kappa shape index (κ1) is 11.1. The quantitative estimate of drug-likeness (QED) is 0.609. The minimum absolute atomic E-state index is 0.0856. The first-order chi connectivity index (χ1) is 7.59. The van der Waals surface area contributed by atoms with Gasteiger partial charge in [0.05, 0.1) is 12.3 Å². The van der Waals surface area contributed by atoms with Crippen molar-refractivity contribution in [3.05, 3.63) is 17.2 Å². The highest BCUT2D eigenvalue weighted by molar-refractivity contribution is 5.66. The summed E-state index contributed by atoms with van der Waals surface area (Å²) in [6.07, 6.45) is 3.78. The monoisotopic (exact) mass is 221 g/mol. The van der Waals surface area contributed by atoms with E-state index in [1.807, 2.05) is 19.9 Å². The van der Waals surface area contributed by atoms with Crippen molar-refractivity contribution < 1.29 is 9.84 Å². The molecule has 1 aromatic carbocycles. The zero-order valence-corrected chi connectivity index (χ0v) is 9.92. The van der Waals surface area contributed by atoms with E-state index in [-0.39, 0.29) is 5.75 Å². The molecule has 0 atom stereocenters. The third-order valence-electron chi connectivity index (χ3n) is 3.53. The van der Waals surface area contributed by atoms with Crippen molar-refractivity contribution in [2.45, 2.75) is 33.1 Å². The molecule has 0 saturated heterocycles. The number of nitrogen functional groups attached to an aromatic ring is 1. The topological polar surface area (TPSA) is 55.5 Å². The molecule has 1 fully saturated rings. The highest BCUT2D eigenvalue weighted by atomic mass is 16.5. The number of hydrogen-bond donors (Lipinski definition) is 2. The van der Waals surface area contributed by atoms with Gasteiger partial charge in [0, 0.05) is 0 Å². The van der Waals surface area contributed by atoms with Gasteiger partial charge in [0.15, 0.2) is 11.5 Å². The van der Waals surface area contributed by atoms with Gasteiger partial charge in [-0.3, -0.25) is 0 Å². The molecule has 2 rings (SSSR count). The van der Waals surface area contributed by atoms with Crippen LogP contribution in [0.1, 0.15) is 30.4 Å². The van der Waals surface area contributed by atoms with E-state index in [2.05, 4.69) is 0 Å². The Bertz CT molecular complexity index is 397. The Morgan fingerprint density at radius 2 is 2.12 bits per heavy atom. The van der Waals surface area contributed by atoms with Gasteiger partial charge in [-0.05, 0) is 49.8 Å². The van der Waals surface area contributed by atoms with Crippen LogP contribution in [0.3, 0.4) is 0 Å². The van der Waals surface area contributed by atoms with Crippen LogP contribution < -0.4 is 10.5 Å². The van der Waals surface area contributed by atoms with E-state index in [9.17, 15) is 5.11 Å². The van der Waals surface area contributed by atoms with Crippen molar-refractivity contribution in [3.63, 3.8) is 0 Å². The predicted octanol–water partition coefficient (Wildman–Crippen LogP) is 2.77. The SMILES string of the molecule is Cc1cc(OCC2CCC2)c(O)c(N)c1C. The predicted molar refractivity (Wildman–Crippen MR) is 64.8 cm³/mol. The summed E-state index contributed by atoms with van der Waals surface area (Å²) in [7, 11) is 0. The average molecular weight is 221 g/mol. The van der Waals surface area contributed by atoms with Crippen molar-refractivity contribution in [2.75, 3.05) is 12.3 Å². The minimum atomic E-state index is 0.0856. The Labute approximate surface area is 96.2 Å². The molecule has 0 aromatic heterocycles. The van der Waals surface area contributed by atoms with Gasteiger partial charge in [0.1, 0.15) is 0 Å². The molecule has 1 aliphatic rings. The fourth-order valence-electron chi connectivity index (χ4n) is 1.87. The lowest BCUT2D eigenvalue weighted by Crippen LogP contribution is -2.19. The smallest absolute Gasteiger partial charge is 0.181 e. The normalized spacial score (nSPS) is 15.9. The van der Waals surface area contributed by atoms with Crippen LogP contribution in [0.5, 0.6) is 11.5 Å². The molecule has 0 radical (unpaired) electrons. The third kappa shape index (κ3) is 1.94. The molecule has 1 saturated carbocycles. The molecule has 0 heterocycles. The highest BCUT2D eigenvalue weighted by Gasteiger charge is 2.19. The molecule has 3 N–H and O–H groups in total. The van der Waals surface area contributed by atoms with Crippen molar-refractivity contribution in [3.8, 4) is 11.5 Å². The van der Waals surface area contributed by atoms with Crippen LogP contribution >= 0.6 is 0 Å². The zero-order chi connectivity index (χ0) is 11.7. The van der Waals surface area contributed by atoms with Gasteiger partial charge >= 0.3 is 0 Å². The fourth-order valence-corrected chi connectivity index (χ4v) is 1.87. The number of ether oxygens (including phenoxy) is 1. The standard InChI is InChI=1S/C13H19NO2/c1-8-6-11(13(15)12(14)9(8)2)16-7-10-4-3-5-10/h6,10,15H,3-5,7,14H2,1-2H3. The van der Waals surface area contributed by atoms with Gasteiger partial charge in [0.25, 0.3) is 0 Å². The van der Waals surface area contributed by atoms with Crippen LogP contribution in [0.4, 0.5) is 5.69 Å². The Hall–Kier alpha value is -1.38. The molecule has 88 valence electrons. The lowest BCUT2D eigenvalue weighted by atomic mass is 9.86. The first-order valence-electron chi connectivity index (χ1n) is 5.81. The molecular weight excluding hydrogens is 202 g/mol. The summed E-state index contributed by atoms with van der Waals surface area (Å²) in [4.78, 5) is 0. The number of anilines is 1. The lowest BCUT2D eigenvalue weighted by Gasteiger charge is -2.25. The van der Waals surface area contributed by atoms with Crippen LogP contribution in [0, 0.1) is 19.8 Å². The van der Waals surface area contributed by atoms with Crippen molar-refractivity contribution in [1.29, 1.82) is 0 Å². The van der Waals surface area contributed by atoms with Gasteiger partial charge in [-0.2, -0.15) is 0 Å². The lowest BCUT2D eigenvalue weighted by molar-refractivity contribution is 0.176. The maximum atomic E-state index is 9.86. The molecule has 0 unspecified atom stereocenters. The molecule has 0 bridgehead atoms. The number of hydrogen-bond acceptors (Lipinski definition) is 3. The zero-order valence-electron chi connectivity index (χ0n) is 9.92. The Morgan fingerprint density at radius 1 is 1.44 bits per heavy atom. The summed E-state index contributed by atoms with van der Waals surface area (Å²) in [5, 5.41) is 9.86. The number of nitrogens with two attached hydrogens (primary N) is 1. The van der Waals surface area contributed by atoms with E-state index >= 15 is 0 Å². The summed E-state index contributed by atoms with van der Waals surface area (Å²) in [6.45, 7) is 4.57. The number of phenols is 1. The van der Waals surface area contributed by atoms with Crippen molar-refractivity contribution in [2.24, 2.45) is 5.92 Å². The molecule has 16 heavy (non-hydrogen) atoms.